The summed E-state index contributed by atoms with van der Waals surface area (Å²) in [7, 11) is 0. The molecule has 0 spiro atoms. The van der Waals surface area contributed by atoms with E-state index < -0.39 is 0 Å². The molecule has 10 aromatic carbocycles. The normalized spacial score (nSPS) is 11.6. The molecule has 2 heteroatoms. The Morgan fingerprint density at radius 2 is 0.804 bits per heavy atom. The quantitative estimate of drug-likeness (QED) is 0.160. The molecular formula is C54H35NO. The van der Waals surface area contributed by atoms with Crippen LogP contribution >= 0.6 is 0 Å². The number of benzene rings is 10. The lowest BCUT2D eigenvalue weighted by atomic mass is 9.90. The molecular weight excluding hydrogens is 679 g/mol. The molecule has 0 amide bonds. The highest BCUT2D eigenvalue weighted by molar-refractivity contribution is 6.23. The number of anilines is 3. The predicted molar refractivity (Wildman–Crippen MR) is 237 cm³/mol. The van der Waals surface area contributed by atoms with Crippen LogP contribution in [0.1, 0.15) is 0 Å². The number of furan rings is 1. The first-order chi connectivity index (χ1) is 27.8. The van der Waals surface area contributed by atoms with E-state index in [0.29, 0.717) is 0 Å². The molecule has 0 unspecified atom stereocenters. The zero-order chi connectivity index (χ0) is 37.0. The summed E-state index contributed by atoms with van der Waals surface area (Å²) >= 11 is 0. The van der Waals surface area contributed by atoms with Gasteiger partial charge in [0, 0.05) is 33.9 Å². The number of fused-ring (bicyclic) bond motifs is 8. The molecule has 11 aromatic rings. The largest absolute Gasteiger partial charge is 0.456 e. The molecule has 1 aromatic heterocycles. The molecule has 0 saturated carbocycles. The Labute approximate surface area is 325 Å². The maximum absolute atomic E-state index is 6.40. The molecule has 262 valence electrons. The van der Waals surface area contributed by atoms with Crippen LogP contribution in [-0.4, -0.2) is 0 Å². The van der Waals surface area contributed by atoms with Crippen molar-refractivity contribution < 1.29 is 4.42 Å². The SMILES string of the molecule is c1ccc(-c2ccccc2-c2ccc(N(c3ccc(-c4cc5ccc6ccccc6c5c5ccccc45)cc3)c3ccc4c(c3)oc3ccccc34)cc2)cc1. The van der Waals surface area contributed by atoms with Crippen LogP contribution in [0, 0.1) is 0 Å². The van der Waals surface area contributed by atoms with Gasteiger partial charge in [-0.1, -0.05) is 158 Å². The fourth-order valence-electron chi connectivity index (χ4n) is 8.60. The van der Waals surface area contributed by atoms with Crippen molar-refractivity contribution in [3.05, 3.63) is 212 Å². The maximum atomic E-state index is 6.40. The zero-order valence-corrected chi connectivity index (χ0v) is 30.6. The van der Waals surface area contributed by atoms with Gasteiger partial charge in [0.25, 0.3) is 0 Å². The van der Waals surface area contributed by atoms with Gasteiger partial charge in [-0.3, -0.25) is 0 Å². The van der Waals surface area contributed by atoms with Gasteiger partial charge in [-0.2, -0.15) is 0 Å². The third-order valence-electron chi connectivity index (χ3n) is 11.3. The summed E-state index contributed by atoms with van der Waals surface area (Å²) in [5.41, 5.74) is 12.2. The van der Waals surface area contributed by atoms with Crippen LogP contribution in [0.2, 0.25) is 0 Å². The van der Waals surface area contributed by atoms with Crippen LogP contribution in [0.5, 0.6) is 0 Å². The minimum atomic E-state index is 0.869. The number of rotatable bonds is 6. The summed E-state index contributed by atoms with van der Waals surface area (Å²) in [6.07, 6.45) is 0. The van der Waals surface area contributed by atoms with Crippen molar-refractivity contribution in [1.82, 2.24) is 0 Å². The first-order valence-electron chi connectivity index (χ1n) is 19.2. The lowest BCUT2D eigenvalue weighted by molar-refractivity contribution is 0.669. The van der Waals surface area contributed by atoms with Crippen molar-refractivity contribution >= 4 is 71.3 Å². The lowest BCUT2D eigenvalue weighted by Crippen LogP contribution is -2.09. The Bertz CT molecular complexity index is 3230. The van der Waals surface area contributed by atoms with Gasteiger partial charge < -0.3 is 9.32 Å². The third kappa shape index (κ3) is 5.34. The van der Waals surface area contributed by atoms with E-state index in [1.54, 1.807) is 0 Å². The van der Waals surface area contributed by atoms with Crippen LogP contribution in [0.15, 0.2) is 217 Å². The van der Waals surface area contributed by atoms with Gasteiger partial charge >= 0.3 is 0 Å². The van der Waals surface area contributed by atoms with E-state index in [2.05, 4.69) is 205 Å². The highest BCUT2D eigenvalue weighted by Gasteiger charge is 2.18. The molecule has 0 aliphatic carbocycles. The molecule has 0 atom stereocenters. The summed E-state index contributed by atoms with van der Waals surface area (Å²) < 4.78 is 6.40. The Balaban J connectivity index is 1.04. The first-order valence-corrected chi connectivity index (χ1v) is 19.2. The monoisotopic (exact) mass is 713 g/mol. The van der Waals surface area contributed by atoms with Crippen molar-refractivity contribution in [2.45, 2.75) is 0 Å². The number of nitrogens with zero attached hydrogens (tertiary/aromatic N) is 1. The second-order valence-corrected chi connectivity index (χ2v) is 14.5. The summed E-state index contributed by atoms with van der Waals surface area (Å²) in [5, 5.41) is 9.87. The molecule has 0 bridgehead atoms. The highest BCUT2D eigenvalue weighted by atomic mass is 16.3. The average Bonchev–Trinajstić information content (AvgIpc) is 3.65. The van der Waals surface area contributed by atoms with Gasteiger partial charge in [0.15, 0.2) is 0 Å². The van der Waals surface area contributed by atoms with Crippen molar-refractivity contribution in [2.75, 3.05) is 4.90 Å². The van der Waals surface area contributed by atoms with Crippen LogP contribution < -0.4 is 4.90 Å². The van der Waals surface area contributed by atoms with Crippen LogP contribution in [0.4, 0.5) is 17.1 Å². The summed E-state index contributed by atoms with van der Waals surface area (Å²) in [5.74, 6) is 0. The number of hydrogen-bond donors (Lipinski definition) is 0. The molecule has 0 aliphatic heterocycles. The van der Waals surface area contributed by atoms with E-state index >= 15 is 0 Å². The zero-order valence-electron chi connectivity index (χ0n) is 30.6. The van der Waals surface area contributed by atoms with Crippen molar-refractivity contribution in [2.24, 2.45) is 0 Å². The van der Waals surface area contributed by atoms with Gasteiger partial charge in [0.05, 0.1) is 0 Å². The van der Waals surface area contributed by atoms with Gasteiger partial charge in [-0.25, -0.2) is 0 Å². The van der Waals surface area contributed by atoms with Crippen molar-refractivity contribution in [1.29, 1.82) is 0 Å². The first kappa shape index (κ1) is 32.0. The molecule has 0 aliphatic rings. The molecule has 0 fully saturated rings. The topological polar surface area (TPSA) is 16.4 Å². The van der Waals surface area contributed by atoms with Crippen LogP contribution in [0.3, 0.4) is 0 Å². The second kappa shape index (κ2) is 13.2. The van der Waals surface area contributed by atoms with Crippen molar-refractivity contribution in [3.63, 3.8) is 0 Å². The highest BCUT2D eigenvalue weighted by Crippen LogP contribution is 2.42. The van der Waals surface area contributed by atoms with E-state index in [-0.39, 0.29) is 0 Å². The fourth-order valence-corrected chi connectivity index (χ4v) is 8.60. The Morgan fingerprint density at radius 1 is 0.286 bits per heavy atom. The average molecular weight is 714 g/mol. The Kier molecular flexibility index (Phi) is 7.53. The third-order valence-corrected chi connectivity index (χ3v) is 11.3. The molecule has 56 heavy (non-hydrogen) atoms. The molecule has 1 heterocycles. The summed E-state index contributed by atoms with van der Waals surface area (Å²) in [6, 6.07) is 76.4. The van der Waals surface area contributed by atoms with E-state index in [1.807, 2.05) is 12.1 Å². The van der Waals surface area contributed by atoms with E-state index in [9.17, 15) is 0 Å². The Morgan fingerprint density at radius 3 is 1.54 bits per heavy atom. The molecule has 0 saturated heterocycles. The summed E-state index contributed by atoms with van der Waals surface area (Å²) in [6.45, 7) is 0. The minimum absolute atomic E-state index is 0.869. The number of para-hydroxylation sites is 1. The predicted octanol–water partition coefficient (Wildman–Crippen LogP) is 15.5. The van der Waals surface area contributed by atoms with E-state index in [0.717, 1.165) is 39.0 Å². The Hall–Kier alpha value is -7.42. The van der Waals surface area contributed by atoms with Gasteiger partial charge in [-0.05, 0) is 114 Å². The fraction of sp³-hybridized carbons (Fsp3) is 0. The smallest absolute Gasteiger partial charge is 0.137 e. The molecule has 11 rings (SSSR count). The minimum Gasteiger partial charge on any atom is -0.456 e. The van der Waals surface area contributed by atoms with Gasteiger partial charge in [0.2, 0.25) is 0 Å². The number of hydrogen-bond acceptors (Lipinski definition) is 2. The molecule has 0 N–H and O–H groups in total. The second-order valence-electron chi connectivity index (χ2n) is 14.5. The standard InChI is InChI=1S/C54H35NO/c1-2-12-36(13-3-1)44-15-6-7-16-45(44)38-24-28-41(29-25-38)55(43-32-33-49-48-19-10-11-21-52(48)56-53(49)35-43)42-30-26-39(27-31-42)51-34-40-23-22-37-14-4-5-17-46(37)54(40)50-20-9-8-18-47(50)51/h1-35H. The van der Waals surface area contributed by atoms with Crippen LogP contribution in [-0.2, 0) is 0 Å². The lowest BCUT2D eigenvalue weighted by Gasteiger charge is -2.26. The van der Waals surface area contributed by atoms with Gasteiger partial charge in [0.1, 0.15) is 11.2 Å². The molecule has 0 radical (unpaired) electrons. The summed E-state index contributed by atoms with van der Waals surface area (Å²) in [4.78, 5) is 2.33. The van der Waals surface area contributed by atoms with E-state index in [1.165, 1.54) is 65.7 Å². The maximum Gasteiger partial charge on any atom is 0.137 e. The van der Waals surface area contributed by atoms with E-state index in [4.69, 9.17) is 4.42 Å². The van der Waals surface area contributed by atoms with Gasteiger partial charge in [-0.15, -0.1) is 0 Å². The van der Waals surface area contributed by atoms with Crippen LogP contribution in [0.25, 0.3) is 87.6 Å². The van der Waals surface area contributed by atoms with Crippen molar-refractivity contribution in [3.8, 4) is 33.4 Å². The molecule has 2 nitrogen and oxygen atoms in total.